The second-order valence-corrected chi connectivity index (χ2v) is 7.20. The molecule has 0 saturated carbocycles. The number of alkyl halides is 4. The summed E-state index contributed by atoms with van der Waals surface area (Å²) in [7, 11) is 0. The lowest BCUT2D eigenvalue weighted by molar-refractivity contribution is -0.173. The van der Waals surface area contributed by atoms with E-state index in [1.165, 1.54) is 18.9 Å². The molecule has 180 valence electrons. The molecule has 0 aromatic heterocycles. The number of benzene rings is 1. The maximum atomic E-state index is 14.8. The molecule has 1 rings (SSSR count). The van der Waals surface area contributed by atoms with Gasteiger partial charge in [0, 0.05) is 12.1 Å². The number of rotatable bonds is 10. The summed E-state index contributed by atoms with van der Waals surface area (Å²) in [4.78, 5) is 23.6. The zero-order valence-electron chi connectivity index (χ0n) is 18.6. The summed E-state index contributed by atoms with van der Waals surface area (Å²) in [6.45, 7) is 8.37. The number of halogens is 5. The Morgan fingerprint density at radius 2 is 1.28 bits per heavy atom. The minimum atomic E-state index is -4.56. The Hall–Kier alpha value is -2.79. The summed E-state index contributed by atoms with van der Waals surface area (Å²) < 4.78 is 82.0. The van der Waals surface area contributed by atoms with E-state index in [2.05, 4.69) is 19.8 Å². The summed E-state index contributed by atoms with van der Waals surface area (Å²) in [5, 5.41) is 8.57. The molecule has 0 heterocycles. The average molecular weight is 467 g/mol. The summed E-state index contributed by atoms with van der Waals surface area (Å²) in [5.74, 6) is -14.9. The van der Waals surface area contributed by atoms with Crippen LogP contribution in [-0.2, 0) is 30.9 Å². The van der Waals surface area contributed by atoms with E-state index in [1.54, 1.807) is 27.7 Å². The van der Waals surface area contributed by atoms with Crippen LogP contribution in [0.3, 0.4) is 0 Å². The molecule has 0 N–H and O–H groups in total. The molecule has 32 heavy (non-hydrogen) atoms. The van der Waals surface area contributed by atoms with E-state index >= 15 is 0 Å². The lowest BCUT2D eigenvalue weighted by atomic mass is 9.97. The number of carbonyl (C=O) groups is 2. The normalized spacial score (nSPS) is 12.5. The third kappa shape index (κ3) is 5.92. The highest BCUT2D eigenvalue weighted by Crippen LogP contribution is 2.45. The first-order valence-corrected chi connectivity index (χ1v) is 9.86. The summed E-state index contributed by atoms with van der Waals surface area (Å²) in [6, 6.07) is -0.291. The molecular formula is C20H26F5N3O4. The van der Waals surface area contributed by atoms with Gasteiger partial charge in [-0.2, -0.15) is 17.6 Å². The number of nitrogens with zero attached hydrogens (tertiary/aromatic N) is 3. The molecule has 0 amide bonds. The Morgan fingerprint density at radius 3 is 1.59 bits per heavy atom. The van der Waals surface area contributed by atoms with Gasteiger partial charge in [-0.15, -0.1) is 5.11 Å². The van der Waals surface area contributed by atoms with E-state index in [4.69, 9.17) is 0 Å². The van der Waals surface area contributed by atoms with E-state index in [9.17, 15) is 31.5 Å². The predicted octanol–water partition coefficient (Wildman–Crippen LogP) is 5.25. The standard InChI is InChI=1S/C20H26F5N3O4/c1-7-31-17(29)19(22,23)14-9-13(21)10-15(20(24,25)18(30)32-8-2)16(14)26-27-28(11(3)4)12(5)6/h9-12H,7-8H2,1-6H3. The first-order chi connectivity index (χ1) is 14.7. The SMILES string of the molecule is CCOC(=O)C(F)(F)c1cc(F)cc(C(F)(F)C(=O)OCC)c1N=NN(C(C)C)C(C)C. The number of ether oxygens (including phenoxy) is 2. The van der Waals surface area contributed by atoms with Crippen LogP contribution in [-0.4, -0.2) is 42.2 Å². The lowest BCUT2D eigenvalue weighted by Gasteiger charge is -2.26. The van der Waals surface area contributed by atoms with Crippen LogP contribution in [0, 0.1) is 5.82 Å². The van der Waals surface area contributed by atoms with E-state index in [0.29, 0.717) is 0 Å². The van der Waals surface area contributed by atoms with Crippen molar-refractivity contribution in [2.24, 2.45) is 10.3 Å². The Labute approximate surface area is 182 Å². The first kappa shape index (κ1) is 27.2. The molecule has 12 heteroatoms. The molecule has 0 saturated heterocycles. The second kappa shape index (κ2) is 10.7. The van der Waals surface area contributed by atoms with Gasteiger partial charge in [0.05, 0.1) is 24.3 Å². The van der Waals surface area contributed by atoms with E-state index in [0.717, 1.165) is 0 Å². The van der Waals surface area contributed by atoms with Gasteiger partial charge in [0.25, 0.3) is 0 Å². The van der Waals surface area contributed by atoms with Gasteiger partial charge in [0.15, 0.2) is 0 Å². The summed E-state index contributed by atoms with van der Waals surface area (Å²) in [6.07, 6.45) is 0. The van der Waals surface area contributed by atoms with Crippen LogP contribution in [0.5, 0.6) is 0 Å². The Morgan fingerprint density at radius 1 is 0.906 bits per heavy atom. The van der Waals surface area contributed by atoms with Gasteiger partial charge in [-0.25, -0.2) is 14.0 Å². The number of carbonyl (C=O) groups excluding carboxylic acids is 2. The van der Waals surface area contributed by atoms with Crippen LogP contribution in [0.15, 0.2) is 22.5 Å². The van der Waals surface area contributed by atoms with Crippen molar-refractivity contribution in [3.8, 4) is 0 Å². The van der Waals surface area contributed by atoms with Gasteiger partial charge in [0.1, 0.15) is 11.5 Å². The molecule has 0 radical (unpaired) electrons. The molecule has 0 aliphatic carbocycles. The topological polar surface area (TPSA) is 80.6 Å². The van der Waals surface area contributed by atoms with E-state index < -0.39 is 59.6 Å². The molecular weight excluding hydrogens is 441 g/mol. The monoisotopic (exact) mass is 467 g/mol. The maximum Gasteiger partial charge on any atom is 0.382 e. The molecule has 0 bridgehead atoms. The van der Waals surface area contributed by atoms with Crippen molar-refractivity contribution in [2.45, 2.75) is 65.5 Å². The van der Waals surface area contributed by atoms with Gasteiger partial charge in [-0.05, 0) is 53.7 Å². The van der Waals surface area contributed by atoms with Crippen molar-refractivity contribution < 1.29 is 41.0 Å². The fourth-order valence-corrected chi connectivity index (χ4v) is 2.75. The van der Waals surface area contributed by atoms with Gasteiger partial charge in [-0.3, -0.25) is 5.01 Å². The van der Waals surface area contributed by atoms with Crippen LogP contribution < -0.4 is 0 Å². The van der Waals surface area contributed by atoms with E-state index in [1.807, 2.05) is 0 Å². The molecule has 0 aliphatic rings. The predicted molar refractivity (Wildman–Crippen MR) is 104 cm³/mol. The van der Waals surface area contributed by atoms with Crippen LogP contribution in [0.4, 0.5) is 27.6 Å². The third-order valence-electron chi connectivity index (χ3n) is 4.12. The molecule has 0 spiro atoms. The van der Waals surface area contributed by atoms with Gasteiger partial charge < -0.3 is 9.47 Å². The van der Waals surface area contributed by atoms with Crippen molar-refractivity contribution in [1.29, 1.82) is 0 Å². The molecule has 1 aromatic carbocycles. The maximum absolute atomic E-state index is 14.8. The third-order valence-corrected chi connectivity index (χ3v) is 4.12. The quantitative estimate of drug-likeness (QED) is 0.203. The zero-order valence-corrected chi connectivity index (χ0v) is 18.6. The Balaban J connectivity index is 3.90. The molecule has 0 atom stereocenters. The van der Waals surface area contributed by atoms with Crippen molar-refractivity contribution in [3.05, 3.63) is 29.1 Å². The van der Waals surface area contributed by atoms with Gasteiger partial charge in [0.2, 0.25) is 0 Å². The van der Waals surface area contributed by atoms with E-state index in [-0.39, 0.29) is 24.2 Å². The fourth-order valence-electron chi connectivity index (χ4n) is 2.75. The van der Waals surface area contributed by atoms with Crippen LogP contribution >= 0.6 is 0 Å². The fraction of sp³-hybridized carbons (Fsp3) is 0.600. The highest BCUT2D eigenvalue weighted by molar-refractivity contribution is 5.85. The Bertz CT molecular complexity index is 801. The second-order valence-electron chi connectivity index (χ2n) is 7.20. The Kier molecular flexibility index (Phi) is 9.10. The lowest BCUT2D eigenvalue weighted by Crippen LogP contribution is -2.33. The smallest absolute Gasteiger partial charge is 0.382 e. The van der Waals surface area contributed by atoms with Crippen LogP contribution in [0.25, 0.3) is 0 Å². The average Bonchev–Trinajstić information content (AvgIpc) is 2.68. The van der Waals surface area contributed by atoms with Crippen molar-refractivity contribution in [1.82, 2.24) is 5.01 Å². The van der Waals surface area contributed by atoms with Crippen molar-refractivity contribution >= 4 is 17.6 Å². The summed E-state index contributed by atoms with van der Waals surface area (Å²) in [5.41, 5.74) is -4.29. The highest BCUT2D eigenvalue weighted by Gasteiger charge is 2.51. The van der Waals surface area contributed by atoms with Gasteiger partial charge in [-0.1, -0.05) is 5.22 Å². The molecule has 0 aliphatic heterocycles. The van der Waals surface area contributed by atoms with Crippen molar-refractivity contribution in [3.63, 3.8) is 0 Å². The first-order valence-electron chi connectivity index (χ1n) is 9.86. The number of hydrogen-bond donors (Lipinski definition) is 0. The molecule has 1 aromatic rings. The minimum absolute atomic E-state index is 0.172. The van der Waals surface area contributed by atoms with Crippen LogP contribution in [0.2, 0.25) is 0 Å². The molecule has 7 nitrogen and oxygen atoms in total. The van der Waals surface area contributed by atoms with Crippen molar-refractivity contribution in [2.75, 3.05) is 13.2 Å². The molecule has 0 unspecified atom stereocenters. The van der Waals surface area contributed by atoms with Crippen LogP contribution in [0.1, 0.15) is 52.7 Å². The largest absolute Gasteiger partial charge is 0.461 e. The number of hydrogen-bond acceptors (Lipinski definition) is 6. The summed E-state index contributed by atoms with van der Waals surface area (Å²) >= 11 is 0. The highest BCUT2D eigenvalue weighted by atomic mass is 19.3. The zero-order chi connectivity index (χ0) is 24.9. The number of esters is 2. The minimum Gasteiger partial charge on any atom is -0.461 e. The molecule has 0 fully saturated rings. The van der Waals surface area contributed by atoms with Gasteiger partial charge >= 0.3 is 23.8 Å².